The molecule has 29 heavy (non-hydrogen) atoms. The molecule has 0 fully saturated rings. The van der Waals surface area contributed by atoms with Crippen molar-refractivity contribution in [1.29, 1.82) is 5.26 Å². The number of anilines is 1. The first-order valence-corrected chi connectivity index (χ1v) is 9.88. The van der Waals surface area contributed by atoms with Gasteiger partial charge in [-0.25, -0.2) is 4.68 Å². The summed E-state index contributed by atoms with van der Waals surface area (Å²) in [6.45, 7) is 0. The molecule has 1 heterocycles. The van der Waals surface area contributed by atoms with E-state index in [1.54, 1.807) is 30.3 Å². The Morgan fingerprint density at radius 2 is 2.24 bits per heavy atom. The van der Waals surface area contributed by atoms with Crippen LogP contribution in [0.3, 0.4) is 0 Å². The summed E-state index contributed by atoms with van der Waals surface area (Å²) in [7, 11) is 1.50. The Labute approximate surface area is 175 Å². The monoisotopic (exact) mass is 429 g/mol. The predicted molar refractivity (Wildman–Crippen MR) is 109 cm³/mol. The van der Waals surface area contributed by atoms with Gasteiger partial charge in [-0.15, -0.1) is 5.14 Å². The van der Waals surface area contributed by atoms with Crippen LogP contribution in [0.5, 0.6) is 5.75 Å². The lowest BCUT2D eigenvalue weighted by Gasteiger charge is -2.13. The fraction of sp³-hybridized carbons (Fsp3) is 0.105. The van der Waals surface area contributed by atoms with E-state index in [2.05, 4.69) is 10.4 Å². The number of nitrogens with zero attached hydrogens (tertiary/aromatic N) is 3. The number of carbonyl (C=O) groups excluding carboxylic acids is 1. The standard InChI is InChI=1S/C19H16ClN5O3S/c1-28-17-4-2-3-15(20)14(17)8-19(26)24-13-5-6-16(18(7-13)29(22)27)25-11-12(9-21)10-23-25/h2-7,10-11H,8,22H2,1H3,(H,24,26). The summed E-state index contributed by atoms with van der Waals surface area (Å²) in [5.74, 6) is 0.183. The molecule has 0 saturated carbocycles. The van der Waals surface area contributed by atoms with Crippen LogP contribution >= 0.6 is 11.6 Å². The molecule has 3 N–H and O–H groups in total. The van der Waals surface area contributed by atoms with Gasteiger partial charge in [-0.1, -0.05) is 17.7 Å². The summed E-state index contributed by atoms with van der Waals surface area (Å²) in [5.41, 5.74) is 1.77. The van der Waals surface area contributed by atoms with Crippen LogP contribution in [0.4, 0.5) is 5.69 Å². The summed E-state index contributed by atoms with van der Waals surface area (Å²) in [5, 5.41) is 21.8. The zero-order valence-electron chi connectivity index (χ0n) is 15.3. The second-order valence-electron chi connectivity index (χ2n) is 5.91. The lowest BCUT2D eigenvalue weighted by Crippen LogP contribution is -2.18. The van der Waals surface area contributed by atoms with Crippen molar-refractivity contribution in [2.75, 3.05) is 12.4 Å². The van der Waals surface area contributed by atoms with Gasteiger partial charge >= 0.3 is 0 Å². The minimum Gasteiger partial charge on any atom is -0.593 e. The van der Waals surface area contributed by atoms with Gasteiger partial charge in [0.1, 0.15) is 17.5 Å². The number of benzene rings is 2. The summed E-state index contributed by atoms with van der Waals surface area (Å²) in [6.07, 6.45) is 2.87. The van der Waals surface area contributed by atoms with Crippen LogP contribution in [0.15, 0.2) is 53.7 Å². The Bertz CT molecular complexity index is 1090. The fourth-order valence-electron chi connectivity index (χ4n) is 2.72. The minimum absolute atomic E-state index is 0.00364. The molecule has 0 aliphatic heterocycles. The number of methoxy groups -OCH3 is 1. The number of amides is 1. The summed E-state index contributed by atoms with van der Waals surface area (Å²) in [6, 6.07) is 11.8. The predicted octanol–water partition coefficient (Wildman–Crippen LogP) is 2.57. The maximum Gasteiger partial charge on any atom is 0.228 e. The van der Waals surface area contributed by atoms with E-state index in [1.807, 2.05) is 6.07 Å². The highest BCUT2D eigenvalue weighted by Gasteiger charge is 2.18. The van der Waals surface area contributed by atoms with Gasteiger partial charge in [0.25, 0.3) is 0 Å². The van der Waals surface area contributed by atoms with Gasteiger partial charge in [-0.2, -0.15) is 10.4 Å². The lowest BCUT2D eigenvalue weighted by atomic mass is 10.1. The smallest absolute Gasteiger partial charge is 0.228 e. The molecular formula is C19H16ClN5O3S. The van der Waals surface area contributed by atoms with Crippen LogP contribution < -0.4 is 15.2 Å². The molecule has 1 unspecified atom stereocenters. The van der Waals surface area contributed by atoms with E-state index in [9.17, 15) is 9.35 Å². The van der Waals surface area contributed by atoms with Gasteiger partial charge in [0.15, 0.2) is 0 Å². The van der Waals surface area contributed by atoms with E-state index in [0.29, 0.717) is 33.3 Å². The second kappa shape index (κ2) is 8.98. The molecule has 1 amide bonds. The third-order valence-electron chi connectivity index (χ3n) is 4.05. The van der Waals surface area contributed by atoms with Crippen LogP contribution in [0.25, 0.3) is 5.69 Å². The number of nitrogens with one attached hydrogen (secondary N) is 1. The van der Waals surface area contributed by atoms with Crippen molar-refractivity contribution < 1.29 is 14.1 Å². The maximum atomic E-state index is 12.5. The number of aromatic nitrogens is 2. The van der Waals surface area contributed by atoms with Gasteiger partial charge in [-0.05, 0) is 24.3 Å². The molecule has 2 aromatic carbocycles. The molecule has 10 heteroatoms. The van der Waals surface area contributed by atoms with Crippen molar-refractivity contribution in [2.45, 2.75) is 11.3 Å². The number of hydrogen-bond acceptors (Lipinski definition) is 6. The molecule has 0 aliphatic rings. The van der Waals surface area contributed by atoms with E-state index in [0.717, 1.165) is 0 Å². The number of nitriles is 1. The summed E-state index contributed by atoms with van der Waals surface area (Å²) >= 11 is 4.33. The Balaban J connectivity index is 1.84. The van der Waals surface area contributed by atoms with Crippen LogP contribution in [-0.2, 0) is 22.6 Å². The number of hydrogen-bond donors (Lipinski definition) is 2. The Morgan fingerprint density at radius 1 is 1.45 bits per heavy atom. The minimum atomic E-state index is -1.84. The quantitative estimate of drug-likeness (QED) is 0.579. The van der Waals surface area contributed by atoms with Gasteiger partial charge in [0, 0.05) is 28.5 Å². The zero-order valence-corrected chi connectivity index (χ0v) is 16.8. The molecule has 3 aromatic rings. The fourth-order valence-corrected chi connectivity index (χ4v) is 3.57. The first-order chi connectivity index (χ1) is 13.9. The van der Waals surface area contributed by atoms with Gasteiger partial charge in [0.05, 0.1) is 36.7 Å². The average molecular weight is 430 g/mol. The lowest BCUT2D eigenvalue weighted by molar-refractivity contribution is -0.115. The normalized spacial score (nSPS) is 11.6. The third-order valence-corrected chi connectivity index (χ3v) is 5.17. The molecule has 8 nitrogen and oxygen atoms in total. The highest BCUT2D eigenvalue weighted by molar-refractivity contribution is 7.89. The third kappa shape index (κ3) is 4.70. The average Bonchev–Trinajstić information content (AvgIpc) is 3.18. The Kier molecular flexibility index (Phi) is 6.41. The zero-order chi connectivity index (χ0) is 21.0. The molecule has 1 atom stereocenters. The van der Waals surface area contributed by atoms with Crippen molar-refractivity contribution in [1.82, 2.24) is 9.78 Å². The molecule has 0 radical (unpaired) electrons. The van der Waals surface area contributed by atoms with E-state index >= 15 is 0 Å². The number of carbonyl (C=O) groups is 1. The first kappa shape index (κ1) is 20.7. The molecule has 148 valence electrons. The van der Waals surface area contributed by atoms with Crippen LogP contribution in [-0.4, -0.2) is 27.4 Å². The second-order valence-corrected chi connectivity index (χ2v) is 7.35. The number of nitrogens with two attached hydrogens (primary N) is 1. The SMILES string of the molecule is COc1cccc(Cl)c1CC(=O)Nc1ccc(-n2cc(C#N)cn2)c([S+](N)[O-])c1. The van der Waals surface area contributed by atoms with Crippen molar-refractivity contribution in [2.24, 2.45) is 5.14 Å². The van der Waals surface area contributed by atoms with Crippen molar-refractivity contribution >= 4 is 34.6 Å². The highest BCUT2D eigenvalue weighted by Crippen LogP contribution is 2.28. The molecule has 0 saturated heterocycles. The van der Waals surface area contributed by atoms with Crippen molar-refractivity contribution in [3.63, 3.8) is 0 Å². The van der Waals surface area contributed by atoms with Gasteiger partial charge < -0.3 is 14.6 Å². The summed E-state index contributed by atoms with van der Waals surface area (Å²) in [4.78, 5) is 12.7. The van der Waals surface area contributed by atoms with E-state index in [4.69, 9.17) is 26.7 Å². The Hall–Kier alpha value is -3.03. The van der Waals surface area contributed by atoms with Crippen LogP contribution in [0, 0.1) is 11.3 Å². The van der Waals surface area contributed by atoms with Crippen molar-refractivity contribution in [3.05, 3.63) is 64.9 Å². The van der Waals surface area contributed by atoms with Crippen LogP contribution in [0.2, 0.25) is 5.02 Å². The van der Waals surface area contributed by atoms with Crippen molar-refractivity contribution in [3.8, 4) is 17.5 Å². The number of rotatable bonds is 6. The topological polar surface area (TPSA) is 129 Å². The molecule has 1 aromatic heterocycles. The number of halogens is 1. The Morgan fingerprint density at radius 3 is 2.90 bits per heavy atom. The van der Waals surface area contributed by atoms with Crippen LogP contribution in [0.1, 0.15) is 11.1 Å². The molecule has 0 aliphatic carbocycles. The van der Waals surface area contributed by atoms with Gasteiger partial charge in [0.2, 0.25) is 10.8 Å². The largest absolute Gasteiger partial charge is 0.593 e. The summed E-state index contributed by atoms with van der Waals surface area (Å²) < 4.78 is 18.7. The molecule has 0 bridgehead atoms. The van der Waals surface area contributed by atoms with Gasteiger partial charge in [-0.3, -0.25) is 4.79 Å². The maximum absolute atomic E-state index is 12.5. The highest BCUT2D eigenvalue weighted by atomic mass is 35.5. The molecular weight excluding hydrogens is 414 g/mol. The number of ether oxygens (including phenoxy) is 1. The van der Waals surface area contributed by atoms with E-state index in [1.165, 1.54) is 30.3 Å². The van der Waals surface area contributed by atoms with E-state index < -0.39 is 11.4 Å². The molecule has 3 rings (SSSR count). The van der Waals surface area contributed by atoms with E-state index in [-0.39, 0.29) is 17.2 Å². The first-order valence-electron chi connectivity index (χ1n) is 8.29. The molecule has 0 spiro atoms.